The molecule has 0 aliphatic heterocycles. The van der Waals surface area contributed by atoms with Gasteiger partial charge in [0.15, 0.2) is 0 Å². The molecule has 0 radical (unpaired) electrons. The zero-order chi connectivity index (χ0) is 13.8. The van der Waals surface area contributed by atoms with Gasteiger partial charge in [-0.25, -0.2) is 0 Å². The van der Waals surface area contributed by atoms with Crippen molar-refractivity contribution < 1.29 is 14.7 Å². The maximum absolute atomic E-state index is 12.4. The number of nitrogens with zero attached hydrogens (tertiary/aromatic N) is 2. The van der Waals surface area contributed by atoms with Gasteiger partial charge in [0.05, 0.1) is 5.56 Å². The number of carbonyl (C=O) groups excluding carboxylic acids is 1. The lowest BCUT2D eigenvalue weighted by Gasteiger charge is -2.27. The number of hydrogen-bond acceptors (Lipinski definition) is 3. The minimum atomic E-state index is -0.972. The Labute approximate surface area is 112 Å². The summed E-state index contributed by atoms with van der Waals surface area (Å²) >= 11 is 0. The maximum Gasteiger partial charge on any atom is 0.323 e. The molecule has 0 bridgehead atoms. The van der Waals surface area contributed by atoms with Crippen molar-refractivity contribution in [1.82, 2.24) is 9.88 Å². The van der Waals surface area contributed by atoms with Crippen LogP contribution < -0.4 is 0 Å². The first kappa shape index (κ1) is 13.5. The number of amides is 1. The SMILES string of the molecule is Cc1ccc(C(=O)N(CC(=O)O)C2CCCC2)cn1. The molecule has 1 amide bonds. The number of aromatic nitrogens is 1. The molecule has 1 saturated carbocycles. The monoisotopic (exact) mass is 262 g/mol. The van der Waals surface area contributed by atoms with Gasteiger partial charge in [0, 0.05) is 17.9 Å². The van der Waals surface area contributed by atoms with Gasteiger partial charge in [0.2, 0.25) is 0 Å². The van der Waals surface area contributed by atoms with Gasteiger partial charge in [-0.3, -0.25) is 14.6 Å². The Balaban J connectivity index is 2.18. The van der Waals surface area contributed by atoms with Crippen molar-refractivity contribution in [2.75, 3.05) is 6.54 Å². The summed E-state index contributed by atoms with van der Waals surface area (Å²) in [5.74, 6) is -1.21. The van der Waals surface area contributed by atoms with Crippen LogP contribution in [0.5, 0.6) is 0 Å². The predicted octanol–water partition coefficient (Wildman–Crippen LogP) is 1.86. The van der Waals surface area contributed by atoms with Crippen molar-refractivity contribution >= 4 is 11.9 Å². The van der Waals surface area contributed by atoms with Gasteiger partial charge in [-0.15, -0.1) is 0 Å². The minimum Gasteiger partial charge on any atom is -0.480 e. The summed E-state index contributed by atoms with van der Waals surface area (Å²) in [6.07, 6.45) is 5.40. The van der Waals surface area contributed by atoms with Gasteiger partial charge in [0.1, 0.15) is 6.54 Å². The molecule has 1 aromatic heterocycles. The highest BCUT2D eigenvalue weighted by atomic mass is 16.4. The van der Waals surface area contributed by atoms with Crippen LogP contribution in [0.3, 0.4) is 0 Å². The number of aryl methyl sites for hydroxylation is 1. The van der Waals surface area contributed by atoms with E-state index >= 15 is 0 Å². The minimum absolute atomic E-state index is 0.0462. The highest BCUT2D eigenvalue weighted by Crippen LogP contribution is 2.24. The Hall–Kier alpha value is -1.91. The summed E-state index contributed by atoms with van der Waals surface area (Å²) in [5.41, 5.74) is 1.29. The van der Waals surface area contributed by atoms with Crippen LogP contribution in [0.25, 0.3) is 0 Å². The molecule has 0 saturated heterocycles. The first-order chi connectivity index (χ1) is 9.08. The molecule has 2 rings (SSSR count). The van der Waals surface area contributed by atoms with E-state index in [1.807, 2.05) is 6.92 Å². The molecule has 5 heteroatoms. The third-order valence-electron chi connectivity index (χ3n) is 3.49. The van der Waals surface area contributed by atoms with E-state index in [1.165, 1.54) is 11.1 Å². The van der Waals surface area contributed by atoms with Gasteiger partial charge in [-0.05, 0) is 31.9 Å². The lowest BCUT2D eigenvalue weighted by Crippen LogP contribution is -2.42. The fourth-order valence-corrected chi connectivity index (χ4v) is 2.49. The summed E-state index contributed by atoms with van der Waals surface area (Å²) in [6.45, 7) is 1.61. The van der Waals surface area contributed by atoms with E-state index in [0.717, 1.165) is 31.4 Å². The molecule has 1 aliphatic carbocycles. The van der Waals surface area contributed by atoms with E-state index in [4.69, 9.17) is 5.11 Å². The number of carbonyl (C=O) groups is 2. The Kier molecular flexibility index (Phi) is 4.14. The fourth-order valence-electron chi connectivity index (χ4n) is 2.49. The van der Waals surface area contributed by atoms with E-state index < -0.39 is 5.97 Å². The van der Waals surface area contributed by atoms with Gasteiger partial charge >= 0.3 is 5.97 Å². The molecule has 0 unspecified atom stereocenters. The summed E-state index contributed by atoms with van der Waals surface area (Å²) in [5, 5.41) is 8.97. The molecule has 1 fully saturated rings. The van der Waals surface area contributed by atoms with Crippen molar-refractivity contribution in [3.63, 3.8) is 0 Å². The van der Waals surface area contributed by atoms with Crippen molar-refractivity contribution in [3.8, 4) is 0 Å². The lowest BCUT2D eigenvalue weighted by atomic mass is 10.1. The second kappa shape index (κ2) is 5.82. The van der Waals surface area contributed by atoms with E-state index in [9.17, 15) is 9.59 Å². The van der Waals surface area contributed by atoms with Crippen LogP contribution in [-0.2, 0) is 4.79 Å². The third-order valence-corrected chi connectivity index (χ3v) is 3.49. The Morgan fingerprint density at radius 3 is 2.58 bits per heavy atom. The molecule has 1 heterocycles. The first-order valence-corrected chi connectivity index (χ1v) is 6.53. The summed E-state index contributed by atoms with van der Waals surface area (Å²) in [7, 11) is 0. The third kappa shape index (κ3) is 3.30. The van der Waals surface area contributed by atoms with Crippen LogP contribution in [0.4, 0.5) is 0 Å². The number of rotatable bonds is 4. The molecule has 5 nitrogen and oxygen atoms in total. The number of hydrogen-bond donors (Lipinski definition) is 1. The van der Waals surface area contributed by atoms with Gasteiger partial charge in [-0.2, -0.15) is 0 Å². The smallest absolute Gasteiger partial charge is 0.323 e. The molecular formula is C14H18N2O3. The van der Waals surface area contributed by atoms with Gasteiger partial charge in [-0.1, -0.05) is 12.8 Å². The average molecular weight is 262 g/mol. The average Bonchev–Trinajstić information content (AvgIpc) is 2.89. The number of aliphatic carboxylic acids is 1. The van der Waals surface area contributed by atoms with Crippen LogP contribution in [0.15, 0.2) is 18.3 Å². The van der Waals surface area contributed by atoms with Gasteiger partial charge in [0.25, 0.3) is 5.91 Å². The summed E-state index contributed by atoms with van der Waals surface area (Å²) in [6, 6.07) is 3.51. The van der Waals surface area contributed by atoms with Crippen molar-refractivity contribution in [1.29, 1.82) is 0 Å². The fraction of sp³-hybridized carbons (Fsp3) is 0.500. The molecule has 0 spiro atoms. The summed E-state index contributed by atoms with van der Waals surface area (Å²) in [4.78, 5) is 28.9. The second-order valence-electron chi connectivity index (χ2n) is 4.95. The van der Waals surface area contributed by atoms with Crippen LogP contribution in [0, 0.1) is 6.92 Å². The highest BCUT2D eigenvalue weighted by molar-refractivity contribution is 5.95. The van der Waals surface area contributed by atoms with E-state index in [1.54, 1.807) is 12.1 Å². The molecule has 1 aliphatic rings. The van der Waals surface area contributed by atoms with E-state index in [0.29, 0.717) is 5.56 Å². The van der Waals surface area contributed by atoms with Gasteiger partial charge < -0.3 is 10.0 Å². The van der Waals surface area contributed by atoms with Crippen molar-refractivity contribution in [3.05, 3.63) is 29.6 Å². The Morgan fingerprint density at radius 1 is 1.37 bits per heavy atom. The van der Waals surface area contributed by atoms with E-state index in [-0.39, 0.29) is 18.5 Å². The zero-order valence-electron chi connectivity index (χ0n) is 11.0. The van der Waals surface area contributed by atoms with Crippen molar-refractivity contribution in [2.45, 2.75) is 38.6 Å². The van der Waals surface area contributed by atoms with Crippen LogP contribution >= 0.6 is 0 Å². The van der Waals surface area contributed by atoms with E-state index in [2.05, 4.69) is 4.98 Å². The highest BCUT2D eigenvalue weighted by Gasteiger charge is 2.29. The standard InChI is InChI=1S/C14H18N2O3/c1-10-6-7-11(8-15-10)14(19)16(9-13(17)18)12-4-2-3-5-12/h6-8,12H,2-5,9H2,1H3,(H,17,18). The largest absolute Gasteiger partial charge is 0.480 e. The number of carboxylic acids is 1. The quantitative estimate of drug-likeness (QED) is 0.899. The maximum atomic E-state index is 12.4. The normalized spacial score (nSPS) is 15.4. The van der Waals surface area contributed by atoms with Crippen molar-refractivity contribution in [2.24, 2.45) is 0 Å². The molecular weight excluding hydrogens is 244 g/mol. The Bertz CT molecular complexity index is 464. The molecule has 1 aromatic rings. The first-order valence-electron chi connectivity index (χ1n) is 6.53. The summed E-state index contributed by atoms with van der Waals surface area (Å²) < 4.78 is 0. The Morgan fingerprint density at radius 2 is 2.05 bits per heavy atom. The number of pyridine rings is 1. The lowest BCUT2D eigenvalue weighted by molar-refractivity contribution is -0.138. The van der Waals surface area contributed by atoms with Crippen LogP contribution in [0.2, 0.25) is 0 Å². The molecule has 1 N–H and O–H groups in total. The molecule has 19 heavy (non-hydrogen) atoms. The zero-order valence-corrected chi connectivity index (χ0v) is 11.0. The molecule has 102 valence electrons. The predicted molar refractivity (Wildman–Crippen MR) is 69.9 cm³/mol. The second-order valence-corrected chi connectivity index (χ2v) is 4.95. The topological polar surface area (TPSA) is 70.5 Å². The van der Waals surface area contributed by atoms with Crippen LogP contribution in [-0.4, -0.2) is 39.5 Å². The molecule has 0 aromatic carbocycles. The number of carboxylic acid groups (broad SMARTS) is 1. The van der Waals surface area contributed by atoms with Crippen LogP contribution in [0.1, 0.15) is 41.7 Å². The molecule has 0 atom stereocenters.